The summed E-state index contributed by atoms with van der Waals surface area (Å²) in [6.45, 7) is -2.11. The summed E-state index contributed by atoms with van der Waals surface area (Å²) in [6, 6.07) is 5.03. The molecule has 0 radical (unpaired) electrons. The molecule has 13 heteroatoms. The van der Waals surface area contributed by atoms with Crippen molar-refractivity contribution in [3.63, 3.8) is 0 Å². The maximum Gasteiger partial charge on any atom is 0.405 e. The zero-order chi connectivity index (χ0) is 20.7. The van der Waals surface area contributed by atoms with Crippen molar-refractivity contribution in [2.45, 2.75) is 18.0 Å². The number of alkyl halides is 3. The number of benzene rings is 1. The first-order valence-corrected chi connectivity index (χ1v) is 8.74. The molecule has 0 aliphatic carbocycles. The predicted molar refractivity (Wildman–Crippen MR) is 86.0 cm³/mol. The molecule has 9 nitrogen and oxygen atoms in total. The molecule has 1 rings (SSSR count). The number of anilines is 1. The third kappa shape index (κ3) is 9.01. The number of carbonyl (C=O) groups excluding carboxylic acids is 3. The highest BCUT2D eigenvalue weighted by atomic mass is 32.2. The van der Waals surface area contributed by atoms with E-state index in [0.29, 0.717) is 5.69 Å². The largest absolute Gasteiger partial charge is 0.455 e. The number of amides is 2. The predicted octanol–water partition coefficient (Wildman–Crippen LogP) is 0.145. The SMILES string of the molecule is CC(=O)Nc1ccc(S(=O)(=O)NCC(=O)OCC(=O)NCC(F)(F)F)cc1. The number of halogens is 3. The molecule has 3 N–H and O–H groups in total. The van der Waals surface area contributed by atoms with Gasteiger partial charge < -0.3 is 15.4 Å². The number of carbonyl (C=O) groups is 3. The first-order chi connectivity index (χ1) is 12.4. The van der Waals surface area contributed by atoms with Gasteiger partial charge in [0.05, 0.1) is 4.90 Å². The molecule has 0 fully saturated rings. The number of ether oxygens (including phenoxy) is 1. The first-order valence-electron chi connectivity index (χ1n) is 7.25. The van der Waals surface area contributed by atoms with Crippen molar-refractivity contribution in [2.24, 2.45) is 0 Å². The van der Waals surface area contributed by atoms with Gasteiger partial charge in [-0.1, -0.05) is 0 Å². The van der Waals surface area contributed by atoms with E-state index in [-0.39, 0.29) is 10.8 Å². The molecule has 0 bridgehead atoms. The number of esters is 1. The lowest BCUT2D eigenvalue weighted by atomic mass is 10.3. The van der Waals surface area contributed by atoms with Crippen LogP contribution in [0.5, 0.6) is 0 Å². The van der Waals surface area contributed by atoms with Gasteiger partial charge in [0.25, 0.3) is 5.91 Å². The van der Waals surface area contributed by atoms with Crippen LogP contribution in [-0.4, -0.2) is 52.1 Å². The van der Waals surface area contributed by atoms with Gasteiger partial charge in [0.1, 0.15) is 13.1 Å². The summed E-state index contributed by atoms with van der Waals surface area (Å²) in [7, 11) is -4.08. The standard InChI is InChI=1S/C14H16F3N3O6S/c1-9(21)20-10-2-4-11(5-3-10)27(24,25)19-6-13(23)26-7-12(22)18-8-14(15,16)17/h2-5,19H,6-8H2,1H3,(H,18,22)(H,20,21). The van der Waals surface area contributed by atoms with E-state index in [2.05, 4.69) is 10.1 Å². The van der Waals surface area contributed by atoms with E-state index in [0.717, 1.165) is 0 Å². The van der Waals surface area contributed by atoms with Crippen molar-refractivity contribution < 1.29 is 40.7 Å². The molecule has 150 valence electrons. The molecule has 0 atom stereocenters. The second kappa shape index (κ2) is 9.32. The molecule has 0 unspecified atom stereocenters. The van der Waals surface area contributed by atoms with Gasteiger partial charge in [-0.25, -0.2) is 8.42 Å². The number of sulfonamides is 1. The third-order valence-electron chi connectivity index (χ3n) is 2.74. The Kier molecular flexibility index (Phi) is 7.72. The second-order valence-corrected chi connectivity index (χ2v) is 6.85. The van der Waals surface area contributed by atoms with Gasteiger partial charge in [-0.3, -0.25) is 14.4 Å². The lowest BCUT2D eigenvalue weighted by Crippen LogP contribution is -2.37. The van der Waals surface area contributed by atoms with Gasteiger partial charge in [0, 0.05) is 12.6 Å². The number of nitrogens with one attached hydrogen (secondary N) is 3. The molecule has 0 aliphatic heterocycles. The van der Waals surface area contributed by atoms with E-state index in [1.165, 1.54) is 36.5 Å². The van der Waals surface area contributed by atoms with Crippen molar-refractivity contribution >= 4 is 33.5 Å². The summed E-state index contributed by atoms with van der Waals surface area (Å²) >= 11 is 0. The van der Waals surface area contributed by atoms with Crippen molar-refractivity contribution in [1.29, 1.82) is 0 Å². The molecule has 2 amide bonds. The summed E-state index contributed by atoms with van der Waals surface area (Å²) in [6.07, 6.45) is -4.61. The van der Waals surface area contributed by atoms with Crippen LogP contribution < -0.4 is 15.4 Å². The molecular formula is C14H16F3N3O6S. The molecule has 0 saturated heterocycles. The Bertz CT molecular complexity index is 793. The quantitative estimate of drug-likeness (QED) is 0.522. The van der Waals surface area contributed by atoms with Crippen LogP contribution in [0.1, 0.15) is 6.92 Å². The van der Waals surface area contributed by atoms with Crippen molar-refractivity contribution in [3.05, 3.63) is 24.3 Å². The Balaban J connectivity index is 2.47. The van der Waals surface area contributed by atoms with Crippen LogP contribution in [0.25, 0.3) is 0 Å². The van der Waals surface area contributed by atoms with Gasteiger partial charge in [-0.05, 0) is 24.3 Å². The van der Waals surface area contributed by atoms with Gasteiger partial charge in [0.15, 0.2) is 6.61 Å². The van der Waals surface area contributed by atoms with E-state index in [1.807, 2.05) is 4.72 Å². The Labute approximate surface area is 152 Å². The van der Waals surface area contributed by atoms with Crippen LogP contribution in [-0.2, 0) is 29.1 Å². The normalized spacial score (nSPS) is 11.6. The minimum absolute atomic E-state index is 0.202. The summed E-state index contributed by atoms with van der Waals surface area (Å²) in [5, 5.41) is 3.93. The fraction of sp³-hybridized carbons (Fsp3) is 0.357. The lowest BCUT2D eigenvalue weighted by Gasteiger charge is -2.10. The highest BCUT2D eigenvalue weighted by Gasteiger charge is 2.27. The van der Waals surface area contributed by atoms with Crippen LogP contribution in [0.15, 0.2) is 29.2 Å². The van der Waals surface area contributed by atoms with Crippen molar-refractivity contribution in [2.75, 3.05) is 25.0 Å². The molecule has 0 aromatic heterocycles. The molecule has 0 spiro atoms. The Morgan fingerprint density at radius 3 is 2.22 bits per heavy atom. The van der Waals surface area contributed by atoms with Gasteiger partial charge in [0.2, 0.25) is 15.9 Å². The molecule has 0 saturated carbocycles. The van der Waals surface area contributed by atoms with Crippen molar-refractivity contribution in [1.82, 2.24) is 10.0 Å². The van der Waals surface area contributed by atoms with Crippen LogP contribution >= 0.6 is 0 Å². The van der Waals surface area contributed by atoms with Crippen LogP contribution in [0.3, 0.4) is 0 Å². The first kappa shape index (κ1) is 22.4. The minimum Gasteiger partial charge on any atom is -0.455 e. The number of hydrogen-bond acceptors (Lipinski definition) is 6. The summed E-state index contributed by atoms with van der Waals surface area (Å²) in [5.41, 5.74) is 0.366. The third-order valence-corrected chi connectivity index (χ3v) is 4.16. The van der Waals surface area contributed by atoms with Crippen LogP contribution in [0, 0.1) is 0 Å². The summed E-state index contributed by atoms with van der Waals surface area (Å²) < 4.78 is 66.0. The Morgan fingerprint density at radius 2 is 1.70 bits per heavy atom. The van der Waals surface area contributed by atoms with E-state index in [9.17, 15) is 36.0 Å². The zero-order valence-electron chi connectivity index (χ0n) is 13.9. The highest BCUT2D eigenvalue weighted by molar-refractivity contribution is 7.89. The average molecular weight is 411 g/mol. The highest BCUT2D eigenvalue weighted by Crippen LogP contribution is 2.14. The molecule has 27 heavy (non-hydrogen) atoms. The minimum atomic E-state index is -4.61. The average Bonchev–Trinajstić information content (AvgIpc) is 2.55. The summed E-state index contributed by atoms with van der Waals surface area (Å²) in [5.74, 6) is -2.68. The molecule has 1 aromatic rings. The van der Waals surface area contributed by atoms with Gasteiger partial charge >= 0.3 is 12.1 Å². The summed E-state index contributed by atoms with van der Waals surface area (Å²) in [4.78, 5) is 33.2. The fourth-order valence-corrected chi connectivity index (χ4v) is 2.57. The maximum absolute atomic E-state index is 12.0. The topological polar surface area (TPSA) is 131 Å². The Hall–Kier alpha value is -2.67. The number of hydrogen-bond donors (Lipinski definition) is 3. The lowest BCUT2D eigenvalue weighted by molar-refractivity contribution is -0.150. The van der Waals surface area contributed by atoms with Crippen LogP contribution in [0.4, 0.5) is 18.9 Å². The fourth-order valence-electron chi connectivity index (χ4n) is 1.60. The van der Waals surface area contributed by atoms with E-state index in [4.69, 9.17) is 0 Å². The smallest absolute Gasteiger partial charge is 0.405 e. The molecule has 1 aromatic carbocycles. The van der Waals surface area contributed by atoms with E-state index >= 15 is 0 Å². The maximum atomic E-state index is 12.0. The molecule has 0 heterocycles. The van der Waals surface area contributed by atoms with Gasteiger partial charge in [-0.2, -0.15) is 17.9 Å². The monoisotopic (exact) mass is 411 g/mol. The second-order valence-electron chi connectivity index (χ2n) is 5.08. The molecule has 0 aliphatic rings. The van der Waals surface area contributed by atoms with E-state index in [1.54, 1.807) is 0 Å². The zero-order valence-corrected chi connectivity index (χ0v) is 14.7. The molecular weight excluding hydrogens is 395 g/mol. The van der Waals surface area contributed by atoms with E-state index < -0.39 is 47.8 Å². The Morgan fingerprint density at radius 1 is 1.11 bits per heavy atom. The van der Waals surface area contributed by atoms with Gasteiger partial charge in [-0.15, -0.1) is 0 Å². The number of rotatable bonds is 8. The van der Waals surface area contributed by atoms with Crippen LogP contribution in [0.2, 0.25) is 0 Å². The van der Waals surface area contributed by atoms with Crippen molar-refractivity contribution in [3.8, 4) is 0 Å².